The summed E-state index contributed by atoms with van der Waals surface area (Å²) in [5, 5.41) is 14.3. The van der Waals surface area contributed by atoms with E-state index in [0.29, 0.717) is 25.4 Å². The first-order valence-electron chi connectivity index (χ1n) is 13.5. The first-order chi connectivity index (χ1) is 19.2. The Morgan fingerprint density at radius 2 is 1.88 bits per heavy atom. The van der Waals surface area contributed by atoms with Crippen molar-refractivity contribution in [1.82, 2.24) is 14.5 Å². The SMILES string of the molecule is COc1ccc(S(=O)(=O)N(C[C@@H](O)[C@H](Cc2ccccc2)NC(=O)O[C@@H]2CO[C@@H]3OCC[C@@H]32)C2CN(C)C2)cc1. The van der Waals surface area contributed by atoms with E-state index < -0.39 is 34.4 Å². The second-order valence-electron chi connectivity index (χ2n) is 10.6. The number of likely N-dealkylation sites (N-methyl/N-ethyl adjacent to an activating group) is 1. The van der Waals surface area contributed by atoms with Gasteiger partial charge in [0.25, 0.3) is 0 Å². The number of likely N-dealkylation sites (tertiary alicyclic amines) is 1. The monoisotopic (exact) mass is 575 g/mol. The molecule has 0 spiro atoms. The summed E-state index contributed by atoms with van der Waals surface area (Å²) >= 11 is 0. The lowest BCUT2D eigenvalue weighted by Crippen LogP contribution is -2.62. The summed E-state index contributed by atoms with van der Waals surface area (Å²) in [6, 6.07) is 14.5. The molecule has 0 unspecified atom stereocenters. The standard InChI is InChI=1S/C28H37N3O8S/c1-30-15-20(16-30)31(40(34,35)22-10-8-21(36-2)9-11-22)17-25(32)24(14-19-6-4-3-5-7-19)29-28(33)39-26-18-38-27-23(26)12-13-37-27/h3-11,20,23-27,32H,12-18H2,1-2H3,(H,29,33)/t23-,24+,25-,26-,27+/m1/s1. The van der Waals surface area contributed by atoms with Crippen molar-refractivity contribution >= 4 is 16.1 Å². The van der Waals surface area contributed by atoms with Crippen LogP contribution in [0.4, 0.5) is 4.79 Å². The molecule has 3 aliphatic rings. The number of nitrogens with zero attached hydrogens (tertiary/aromatic N) is 2. The van der Waals surface area contributed by atoms with Crippen molar-refractivity contribution in [2.45, 2.75) is 48.3 Å². The van der Waals surface area contributed by atoms with Crippen LogP contribution in [0, 0.1) is 5.92 Å². The summed E-state index contributed by atoms with van der Waals surface area (Å²) in [7, 11) is -0.526. The number of nitrogens with one attached hydrogen (secondary N) is 1. The lowest BCUT2D eigenvalue weighted by atomic mass is 10.0. The van der Waals surface area contributed by atoms with Gasteiger partial charge in [0.1, 0.15) is 11.9 Å². The average Bonchev–Trinajstić information content (AvgIpc) is 3.55. The van der Waals surface area contributed by atoms with Gasteiger partial charge in [0.15, 0.2) is 6.29 Å². The van der Waals surface area contributed by atoms with Crippen LogP contribution < -0.4 is 10.1 Å². The Hall–Kier alpha value is -2.74. The van der Waals surface area contributed by atoms with Crippen LogP contribution >= 0.6 is 0 Å². The molecule has 0 radical (unpaired) electrons. The fourth-order valence-corrected chi connectivity index (χ4v) is 7.13. The summed E-state index contributed by atoms with van der Waals surface area (Å²) in [4.78, 5) is 15.1. The summed E-state index contributed by atoms with van der Waals surface area (Å²) in [6.07, 6.45) is -1.68. The van der Waals surface area contributed by atoms with E-state index in [4.69, 9.17) is 18.9 Å². The topological polar surface area (TPSA) is 127 Å². The Bertz CT molecular complexity index is 1240. The molecule has 0 aliphatic carbocycles. The highest BCUT2D eigenvalue weighted by Crippen LogP contribution is 2.33. The van der Waals surface area contributed by atoms with E-state index in [1.54, 1.807) is 12.1 Å². The number of ether oxygens (including phenoxy) is 4. The Morgan fingerprint density at radius 1 is 1.15 bits per heavy atom. The molecule has 12 heteroatoms. The van der Waals surface area contributed by atoms with E-state index >= 15 is 0 Å². The first-order valence-corrected chi connectivity index (χ1v) is 15.0. The maximum atomic E-state index is 13.8. The van der Waals surface area contributed by atoms with Crippen molar-refractivity contribution in [2.75, 3.05) is 47.0 Å². The molecule has 2 N–H and O–H groups in total. The lowest BCUT2D eigenvalue weighted by Gasteiger charge is -2.43. The molecule has 11 nitrogen and oxygen atoms in total. The van der Waals surface area contributed by atoms with Gasteiger partial charge in [-0.15, -0.1) is 0 Å². The Kier molecular flexibility index (Phi) is 8.93. The van der Waals surface area contributed by atoms with Gasteiger partial charge >= 0.3 is 6.09 Å². The highest BCUT2D eigenvalue weighted by Gasteiger charge is 2.44. The van der Waals surface area contributed by atoms with Crippen molar-refractivity contribution < 1.29 is 37.3 Å². The van der Waals surface area contributed by atoms with Crippen molar-refractivity contribution in [2.24, 2.45) is 5.92 Å². The predicted octanol–water partition coefficient (Wildman–Crippen LogP) is 1.46. The van der Waals surface area contributed by atoms with Gasteiger partial charge in [-0.2, -0.15) is 4.31 Å². The van der Waals surface area contributed by atoms with Crippen molar-refractivity contribution in [3.8, 4) is 5.75 Å². The van der Waals surface area contributed by atoms with E-state index in [1.165, 1.54) is 23.5 Å². The molecule has 5 atom stereocenters. The summed E-state index contributed by atoms with van der Waals surface area (Å²) in [6.45, 7) is 1.68. The Morgan fingerprint density at radius 3 is 2.55 bits per heavy atom. The number of sulfonamides is 1. The number of carbonyl (C=O) groups is 1. The molecular formula is C28H37N3O8S. The zero-order valence-corrected chi connectivity index (χ0v) is 23.5. The number of amides is 1. The number of hydrogen-bond acceptors (Lipinski definition) is 9. The van der Waals surface area contributed by atoms with Crippen molar-refractivity contribution in [3.63, 3.8) is 0 Å². The van der Waals surface area contributed by atoms with Crippen molar-refractivity contribution in [1.29, 1.82) is 0 Å². The minimum absolute atomic E-state index is 0.0241. The first kappa shape index (κ1) is 28.8. The molecule has 3 fully saturated rings. The Labute approximate surface area is 235 Å². The molecule has 3 heterocycles. The molecule has 218 valence electrons. The van der Waals surface area contributed by atoms with E-state index in [9.17, 15) is 18.3 Å². The van der Waals surface area contributed by atoms with Gasteiger partial charge in [-0.1, -0.05) is 30.3 Å². The second kappa shape index (κ2) is 12.4. The summed E-state index contributed by atoms with van der Waals surface area (Å²) in [5.74, 6) is 0.520. The van der Waals surface area contributed by atoms with Crippen LogP contribution in [0.15, 0.2) is 59.5 Å². The zero-order valence-electron chi connectivity index (χ0n) is 22.7. The number of benzene rings is 2. The number of hydrogen-bond donors (Lipinski definition) is 2. The van der Waals surface area contributed by atoms with Crippen LogP contribution in [0.1, 0.15) is 12.0 Å². The third-order valence-electron chi connectivity index (χ3n) is 7.79. The smallest absolute Gasteiger partial charge is 0.407 e. The highest BCUT2D eigenvalue weighted by molar-refractivity contribution is 7.89. The average molecular weight is 576 g/mol. The third-order valence-corrected chi connectivity index (χ3v) is 9.73. The molecular weight excluding hydrogens is 538 g/mol. The second-order valence-corrected chi connectivity index (χ2v) is 12.5. The van der Waals surface area contributed by atoms with Crippen LogP contribution in [0.2, 0.25) is 0 Å². The largest absolute Gasteiger partial charge is 0.497 e. The third kappa shape index (κ3) is 6.42. The van der Waals surface area contributed by atoms with Crippen LogP contribution in [-0.2, 0) is 30.7 Å². The fourth-order valence-electron chi connectivity index (χ4n) is 5.51. The number of carbonyl (C=O) groups excluding carboxylic acids is 1. The van der Waals surface area contributed by atoms with Gasteiger partial charge in [0.05, 0.1) is 49.3 Å². The normalized spacial score (nSPS) is 24.8. The van der Waals surface area contributed by atoms with Crippen LogP contribution in [-0.4, -0.2) is 106 Å². The molecule has 0 bridgehead atoms. The molecule has 2 aromatic rings. The van der Waals surface area contributed by atoms with E-state index in [1.807, 2.05) is 42.3 Å². The van der Waals surface area contributed by atoms with Crippen molar-refractivity contribution in [3.05, 3.63) is 60.2 Å². The minimum Gasteiger partial charge on any atom is -0.497 e. The molecule has 40 heavy (non-hydrogen) atoms. The molecule has 5 rings (SSSR count). The number of alkyl carbamates (subject to hydrolysis) is 1. The number of rotatable bonds is 11. The minimum atomic E-state index is -3.95. The van der Waals surface area contributed by atoms with Gasteiger partial charge in [-0.05, 0) is 49.7 Å². The molecule has 2 aromatic carbocycles. The predicted molar refractivity (Wildman–Crippen MR) is 145 cm³/mol. The maximum absolute atomic E-state index is 13.8. The molecule has 0 saturated carbocycles. The number of aliphatic hydroxyl groups excluding tert-OH is 1. The van der Waals surface area contributed by atoms with Gasteiger partial charge < -0.3 is 34.3 Å². The van der Waals surface area contributed by atoms with Crippen LogP contribution in [0.3, 0.4) is 0 Å². The zero-order chi connectivity index (χ0) is 28.3. The Balaban J connectivity index is 1.33. The fraction of sp³-hybridized carbons (Fsp3) is 0.536. The maximum Gasteiger partial charge on any atom is 0.407 e. The molecule has 3 aliphatic heterocycles. The number of methoxy groups -OCH3 is 1. The quantitative estimate of drug-likeness (QED) is 0.410. The van der Waals surface area contributed by atoms with Crippen LogP contribution in [0.25, 0.3) is 0 Å². The van der Waals surface area contributed by atoms with Gasteiger partial charge in [-0.25, -0.2) is 13.2 Å². The van der Waals surface area contributed by atoms with E-state index in [0.717, 1.165) is 12.0 Å². The van der Waals surface area contributed by atoms with E-state index in [-0.39, 0.29) is 42.7 Å². The molecule has 0 aromatic heterocycles. The van der Waals surface area contributed by atoms with Gasteiger partial charge in [0.2, 0.25) is 10.0 Å². The summed E-state index contributed by atoms with van der Waals surface area (Å²) < 4.78 is 50.8. The van der Waals surface area contributed by atoms with Crippen LogP contribution in [0.5, 0.6) is 5.75 Å². The van der Waals surface area contributed by atoms with E-state index in [2.05, 4.69) is 5.32 Å². The highest BCUT2D eigenvalue weighted by atomic mass is 32.2. The number of aliphatic hydroxyl groups is 1. The molecule has 3 saturated heterocycles. The molecule has 1 amide bonds. The lowest BCUT2D eigenvalue weighted by molar-refractivity contribution is -0.0907. The van der Waals surface area contributed by atoms with Gasteiger partial charge in [0, 0.05) is 19.6 Å². The summed E-state index contributed by atoms with van der Waals surface area (Å²) in [5.41, 5.74) is 0.883. The van der Waals surface area contributed by atoms with Gasteiger partial charge in [-0.3, -0.25) is 0 Å². The number of fused-ring (bicyclic) bond motifs is 1.